The highest BCUT2D eigenvalue weighted by molar-refractivity contribution is 7.16. The highest BCUT2D eigenvalue weighted by Crippen LogP contribution is 2.31. The first-order valence-electron chi connectivity index (χ1n) is 9.87. The summed E-state index contributed by atoms with van der Waals surface area (Å²) in [5.74, 6) is -0.760. The minimum atomic E-state index is -0.450. The molecule has 0 radical (unpaired) electrons. The second kappa shape index (κ2) is 8.65. The van der Waals surface area contributed by atoms with Crippen LogP contribution in [0.1, 0.15) is 38.1 Å². The van der Waals surface area contributed by atoms with Crippen LogP contribution in [0.25, 0.3) is 22.2 Å². The molecule has 1 N–H and O–H groups in total. The van der Waals surface area contributed by atoms with E-state index in [2.05, 4.69) is 10.3 Å². The van der Waals surface area contributed by atoms with Crippen LogP contribution in [-0.4, -0.2) is 28.5 Å². The van der Waals surface area contributed by atoms with Crippen molar-refractivity contribution < 1.29 is 14.3 Å². The largest absolute Gasteiger partial charge is 0.462 e. The maximum Gasteiger partial charge on any atom is 0.341 e. The number of benzene rings is 1. The predicted octanol–water partition coefficient (Wildman–Crippen LogP) is 5.40. The molecule has 0 spiro atoms. The summed E-state index contributed by atoms with van der Waals surface area (Å²) in [6, 6.07) is 13.0. The van der Waals surface area contributed by atoms with E-state index in [-0.39, 0.29) is 12.5 Å². The molecule has 4 aromatic rings. The van der Waals surface area contributed by atoms with Gasteiger partial charge in [0.05, 0.1) is 28.9 Å². The fourth-order valence-corrected chi connectivity index (χ4v) is 4.27. The number of carbonyl (C=O) groups excluding carboxylic acids is 2. The predicted molar refractivity (Wildman–Crippen MR) is 123 cm³/mol. The number of fused-ring (bicyclic) bond motifs is 1. The molecule has 3 aromatic heterocycles. The average Bonchev–Trinajstić information content (AvgIpc) is 3.14. The number of para-hydroxylation sites is 1. The first kappa shape index (κ1) is 20.7. The van der Waals surface area contributed by atoms with Crippen molar-refractivity contribution in [3.63, 3.8) is 0 Å². The summed E-state index contributed by atoms with van der Waals surface area (Å²) in [7, 11) is 0. The van der Waals surface area contributed by atoms with Gasteiger partial charge in [0.2, 0.25) is 0 Å². The van der Waals surface area contributed by atoms with Crippen LogP contribution in [0.5, 0.6) is 0 Å². The highest BCUT2D eigenvalue weighted by atomic mass is 32.1. The van der Waals surface area contributed by atoms with Gasteiger partial charge in [-0.3, -0.25) is 9.78 Å². The number of carbonyl (C=O) groups is 2. The molecule has 0 aliphatic carbocycles. The third kappa shape index (κ3) is 4.18. The second-order valence-corrected chi connectivity index (χ2v) is 8.30. The monoisotopic (exact) mass is 431 g/mol. The van der Waals surface area contributed by atoms with Crippen molar-refractivity contribution in [1.29, 1.82) is 0 Å². The van der Waals surface area contributed by atoms with Gasteiger partial charge in [0.1, 0.15) is 5.00 Å². The van der Waals surface area contributed by atoms with Crippen molar-refractivity contribution in [2.75, 3.05) is 11.9 Å². The lowest BCUT2D eigenvalue weighted by Crippen LogP contribution is -2.15. The molecular formula is C24H21N3O3S. The number of nitrogens with one attached hydrogen (secondary N) is 1. The second-order valence-electron chi connectivity index (χ2n) is 7.04. The number of rotatable bonds is 5. The van der Waals surface area contributed by atoms with E-state index in [0.717, 1.165) is 26.9 Å². The molecule has 156 valence electrons. The Kier molecular flexibility index (Phi) is 5.77. The summed E-state index contributed by atoms with van der Waals surface area (Å²) in [4.78, 5) is 35.5. The molecule has 4 rings (SSSR count). The first-order valence-corrected chi connectivity index (χ1v) is 10.7. The van der Waals surface area contributed by atoms with Gasteiger partial charge in [-0.2, -0.15) is 0 Å². The number of hydrogen-bond acceptors (Lipinski definition) is 6. The van der Waals surface area contributed by atoms with Crippen LogP contribution >= 0.6 is 11.3 Å². The van der Waals surface area contributed by atoms with Gasteiger partial charge in [-0.15, -0.1) is 11.3 Å². The molecule has 0 saturated carbocycles. The zero-order chi connectivity index (χ0) is 22.0. The van der Waals surface area contributed by atoms with Crippen molar-refractivity contribution in [1.82, 2.24) is 9.97 Å². The van der Waals surface area contributed by atoms with Crippen LogP contribution in [-0.2, 0) is 4.74 Å². The topological polar surface area (TPSA) is 81.2 Å². The molecule has 0 bridgehead atoms. The quantitative estimate of drug-likeness (QED) is 0.428. The Balaban J connectivity index is 1.80. The summed E-state index contributed by atoms with van der Waals surface area (Å²) in [6.07, 6.45) is 3.41. The molecule has 0 aliphatic rings. The Bertz CT molecular complexity index is 1280. The Hall–Kier alpha value is -3.58. The van der Waals surface area contributed by atoms with Crippen LogP contribution < -0.4 is 5.32 Å². The lowest BCUT2D eigenvalue weighted by Gasteiger charge is -2.12. The van der Waals surface area contributed by atoms with Gasteiger partial charge in [0, 0.05) is 28.2 Å². The fourth-order valence-electron chi connectivity index (χ4n) is 3.38. The highest BCUT2D eigenvalue weighted by Gasteiger charge is 2.21. The Labute approximate surface area is 183 Å². The molecule has 3 heterocycles. The van der Waals surface area contributed by atoms with Crippen LogP contribution in [0.2, 0.25) is 0 Å². The molecule has 0 saturated heterocycles. The molecule has 0 atom stereocenters. The van der Waals surface area contributed by atoms with Crippen molar-refractivity contribution in [3.05, 3.63) is 76.4 Å². The van der Waals surface area contributed by atoms with Gasteiger partial charge < -0.3 is 10.1 Å². The summed E-state index contributed by atoms with van der Waals surface area (Å²) in [5, 5.41) is 4.13. The number of pyridine rings is 2. The molecular weight excluding hydrogens is 410 g/mol. The molecule has 31 heavy (non-hydrogen) atoms. The smallest absolute Gasteiger partial charge is 0.341 e. The van der Waals surface area contributed by atoms with Gasteiger partial charge in [0.25, 0.3) is 5.91 Å². The van der Waals surface area contributed by atoms with E-state index in [9.17, 15) is 9.59 Å². The van der Waals surface area contributed by atoms with Crippen LogP contribution in [0.3, 0.4) is 0 Å². The minimum absolute atomic E-state index is 0.268. The number of hydrogen-bond donors (Lipinski definition) is 1. The van der Waals surface area contributed by atoms with E-state index in [0.29, 0.717) is 21.8 Å². The average molecular weight is 432 g/mol. The van der Waals surface area contributed by atoms with Crippen molar-refractivity contribution in [2.24, 2.45) is 0 Å². The van der Waals surface area contributed by atoms with Crippen molar-refractivity contribution in [3.8, 4) is 11.3 Å². The lowest BCUT2D eigenvalue weighted by atomic mass is 10.0. The Morgan fingerprint density at radius 2 is 1.94 bits per heavy atom. The number of ether oxygens (including phenoxy) is 1. The normalized spacial score (nSPS) is 10.8. The number of aromatic nitrogens is 2. The van der Waals surface area contributed by atoms with Crippen LogP contribution in [0.15, 0.2) is 54.9 Å². The molecule has 0 unspecified atom stereocenters. The third-order valence-electron chi connectivity index (χ3n) is 4.82. The van der Waals surface area contributed by atoms with Crippen molar-refractivity contribution >= 4 is 39.1 Å². The zero-order valence-corrected chi connectivity index (χ0v) is 18.2. The standard InChI is InChI=1S/C24H21N3O3S/c1-4-30-24(29)19-11-15(3)31-23(19)27-22(28)18-12-20(16-8-6-10-25-13-16)26-21-14(2)7-5-9-17(18)21/h5-13H,4H2,1-3H3,(H,27,28). The van der Waals surface area contributed by atoms with Crippen LogP contribution in [0.4, 0.5) is 5.00 Å². The fraction of sp³-hybridized carbons (Fsp3) is 0.167. The Morgan fingerprint density at radius 1 is 1.10 bits per heavy atom. The maximum absolute atomic E-state index is 13.4. The van der Waals surface area contributed by atoms with Crippen LogP contribution in [0, 0.1) is 13.8 Å². The summed E-state index contributed by atoms with van der Waals surface area (Å²) in [5.41, 5.74) is 4.04. The number of esters is 1. The van der Waals surface area contributed by atoms with E-state index in [4.69, 9.17) is 9.72 Å². The van der Waals surface area contributed by atoms with E-state index in [1.165, 1.54) is 11.3 Å². The lowest BCUT2D eigenvalue weighted by molar-refractivity contribution is 0.0528. The number of amides is 1. The van der Waals surface area contributed by atoms with Gasteiger partial charge in [-0.05, 0) is 50.6 Å². The number of thiophene rings is 1. The molecule has 1 amide bonds. The third-order valence-corrected chi connectivity index (χ3v) is 5.79. The van der Waals surface area contributed by atoms with Gasteiger partial charge in [-0.25, -0.2) is 9.78 Å². The first-order chi connectivity index (χ1) is 15.0. The van der Waals surface area contributed by atoms with E-state index in [1.807, 2.05) is 44.2 Å². The molecule has 0 aliphatic heterocycles. The van der Waals surface area contributed by atoms with E-state index in [1.54, 1.807) is 31.5 Å². The van der Waals surface area contributed by atoms with Gasteiger partial charge in [-0.1, -0.05) is 18.2 Å². The molecule has 1 aromatic carbocycles. The number of nitrogens with zero attached hydrogens (tertiary/aromatic N) is 2. The SMILES string of the molecule is CCOC(=O)c1cc(C)sc1NC(=O)c1cc(-c2cccnc2)nc2c(C)cccc12. The molecule has 0 fully saturated rings. The van der Waals surface area contributed by atoms with E-state index >= 15 is 0 Å². The van der Waals surface area contributed by atoms with E-state index < -0.39 is 5.97 Å². The number of aryl methyl sites for hydroxylation is 2. The zero-order valence-electron chi connectivity index (χ0n) is 17.4. The molecule has 6 nitrogen and oxygen atoms in total. The van der Waals surface area contributed by atoms with Gasteiger partial charge >= 0.3 is 5.97 Å². The Morgan fingerprint density at radius 3 is 2.68 bits per heavy atom. The summed E-state index contributed by atoms with van der Waals surface area (Å²) in [6.45, 7) is 5.87. The maximum atomic E-state index is 13.4. The minimum Gasteiger partial charge on any atom is -0.462 e. The van der Waals surface area contributed by atoms with Crippen molar-refractivity contribution in [2.45, 2.75) is 20.8 Å². The summed E-state index contributed by atoms with van der Waals surface area (Å²) >= 11 is 1.34. The van der Waals surface area contributed by atoms with Gasteiger partial charge in [0.15, 0.2) is 0 Å². The number of anilines is 1. The summed E-state index contributed by atoms with van der Waals surface area (Å²) < 4.78 is 5.13. The molecule has 7 heteroatoms.